The maximum Gasteiger partial charge on any atom is 0.123 e. The van der Waals surface area contributed by atoms with Gasteiger partial charge in [-0.15, -0.1) is 0 Å². The summed E-state index contributed by atoms with van der Waals surface area (Å²) in [6.07, 6.45) is 2.41. The number of nitrogens with two attached hydrogens (primary N) is 1. The van der Waals surface area contributed by atoms with Crippen LogP contribution in [0.3, 0.4) is 0 Å². The van der Waals surface area contributed by atoms with E-state index in [1.165, 1.54) is 0 Å². The molecule has 3 nitrogen and oxygen atoms in total. The van der Waals surface area contributed by atoms with E-state index in [1.54, 1.807) is 6.92 Å². The van der Waals surface area contributed by atoms with Crippen molar-refractivity contribution in [3.63, 3.8) is 0 Å². The van der Waals surface area contributed by atoms with Gasteiger partial charge in [0.15, 0.2) is 0 Å². The van der Waals surface area contributed by atoms with Crippen molar-refractivity contribution in [2.45, 2.75) is 37.5 Å². The molecule has 0 bridgehead atoms. The maximum atomic E-state index is 14.1. The Hall–Kier alpha value is -0.190. The molecule has 1 spiro atoms. The van der Waals surface area contributed by atoms with Gasteiger partial charge < -0.3 is 15.2 Å². The fourth-order valence-electron chi connectivity index (χ4n) is 2.57. The molecule has 0 radical (unpaired) electrons. The highest BCUT2D eigenvalue weighted by Gasteiger charge is 2.46. The van der Waals surface area contributed by atoms with E-state index in [9.17, 15) is 4.39 Å². The average Bonchev–Trinajstić information content (AvgIpc) is 2.66. The van der Waals surface area contributed by atoms with Crippen molar-refractivity contribution in [1.29, 1.82) is 0 Å². The minimum absolute atomic E-state index is 0.0120. The lowest BCUT2D eigenvalue weighted by Crippen LogP contribution is -2.48. The summed E-state index contributed by atoms with van der Waals surface area (Å²) in [7, 11) is 0. The van der Waals surface area contributed by atoms with Gasteiger partial charge >= 0.3 is 0 Å². The van der Waals surface area contributed by atoms with Crippen molar-refractivity contribution >= 4 is 0 Å². The first-order chi connectivity index (χ1) is 7.08. The standard InChI is InChI=1S/C11H20FNO2/c1-10(12,7-13)9-2-4-15-11(6-9)3-5-14-8-11/h9H,2-8,13H2,1H3. The summed E-state index contributed by atoms with van der Waals surface area (Å²) in [5.74, 6) is 0.0120. The third-order valence-electron chi connectivity index (χ3n) is 3.81. The zero-order valence-electron chi connectivity index (χ0n) is 9.30. The average molecular weight is 217 g/mol. The smallest absolute Gasteiger partial charge is 0.123 e. The summed E-state index contributed by atoms with van der Waals surface area (Å²) in [5.41, 5.74) is 4.00. The van der Waals surface area contributed by atoms with Crippen LogP contribution in [0.4, 0.5) is 4.39 Å². The number of hydrogen-bond donors (Lipinski definition) is 1. The molecule has 2 N–H and O–H groups in total. The minimum Gasteiger partial charge on any atom is -0.378 e. The molecule has 0 amide bonds. The lowest BCUT2D eigenvalue weighted by molar-refractivity contribution is -0.120. The molecule has 3 atom stereocenters. The summed E-state index contributed by atoms with van der Waals surface area (Å²) < 4.78 is 25.2. The van der Waals surface area contributed by atoms with Crippen molar-refractivity contribution in [2.75, 3.05) is 26.4 Å². The maximum absolute atomic E-state index is 14.1. The van der Waals surface area contributed by atoms with Crippen LogP contribution in [-0.4, -0.2) is 37.6 Å². The summed E-state index contributed by atoms with van der Waals surface area (Å²) in [4.78, 5) is 0. The van der Waals surface area contributed by atoms with E-state index in [0.717, 1.165) is 25.9 Å². The molecule has 3 unspecified atom stereocenters. The van der Waals surface area contributed by atoms with Crippen LogP contribution in [0.5, 0.6) is 0 Å². The first kappa shape index (κ1) is 11.3. The largest absolute Gasteiger partial charge is 0.378 e. The molecule has 4 heteroatoms. The van der Waals surface area contributed by atoms with Crippen LogP contribution in [-0.2, 0) is 9.47 Å². The van der Waals surface area contributed by atoms with Crippen molar-refractivity contribution in [2.24, 2.45) is 11.7 Å². The summed E-state index contributed by atoms with van der Waals surface area (Å²) >= 11 is 0. The minimum atomic E-state index is -1.26. The fraction of sp³-hybridized carbons (Fsp3) is 1.00. The predicted octanol–water partition coefficient (Wildman–Crippen LogP) is 1.26. The Labute approximate surface area is 90.1 Å². The molecule has 0 aromatic heterocycles. The van der Waals surface area contributed by atoms with Gasteiger partial charge in [0.05, 0.1) is 12.2 Å². The van der Waals surface area contributed by atoms with Crippen LogP contribution in [0, 0.1) is 5.92 Å². The second-order valence-electron chi connectivity index (χ2n) is 5.01. The molecule has 2 aliphatic rings. The van der Waals surface area contributed by atoms with Gasteiger partial charge in [-0.05, 0) is 25.7 Å². The van der Waals surface area contributed by atoms with Crippen LogP contribution >= 0.6 is 0 Å². The van der Waals surface area contributed by atoms with Gasteiger partial charge in [-0.2, -0.15) is 0 Å². The van der Waals surface area contributed by atoms with Crippen LogP contribution in [0.15, 0.2) is 0 Å². The number of hydrogen-bond acceptors (Lipinski definition) is 3. The second-order valence-corrected chi connectivity index (χ2v) is 5.01. The lowest BCUT2D eigenvalue weighted by atomic mass is 9.77. The first-order valence-electron chi connectivity index (χ1n) is 5.69. The van der Waals surface area contributed by atoms with Gasteiger partial charge in [-0.1, -0.05) is 0 Å². The summed E-state index contributed by atoms with van der Waals surface area (Å²) in [6.45, 7) is 3.68. The molecule has 2 fully saturated rings. The van der Waals surface area contributed by atoms with E-state index in [1.807, 2.05) is 0 Å². The van der Waals surface area contributed by atoms with Crippen LogP contribution < -0.4 is 5.73 Å². The highest BCUT2D eigenvalue weighted by Crippen LogP contribution is 2.41. The van der Waals surface area contributed by atoms with E-state index < -0.39 is 5.67 Å². The molecule has 0 aromatic carbocycles. The second kappa shape index (κ2) is 4.00. The van der Waals surface area contributed by atoms with Gasteiger partial charge in [-0.25, -0.2) is 4.39 Å². The van der Waals surface area contributed by atoms with E-state index >= 15 is 0 Å². The van der Waals surface area contributed by atoms with Gasteiger partial charge in [0.2, 0.25) is 0 Å². The Morgan fingerprint density at radius 1 is 1.53 bits per heavy atom. The van der Waals surface area contributed by atoms with Crippen LogP contribution in [0.2, 0.25) is 0 Å². The molecule has 2 heterocycles. The first-order valence-corrected chi connectivity index (χ1v) is 5.69. The zero-order valence-corrected chi connectivity index (χ0v) is 9.30. The highest BCUT2D eigenvalue weighted by molar-refractivity contribution is 4.96. The molecule has 2 aliphatic heterocycles. The Morgan fingerprint density at radius 3 is 2.93 bits per heavy atom. The quantitative estimate of drug-likeness (QED) is 0.757. The zero-order chi connectivity index (χ0) is 10.9. The third kappa shape index (κ3) is 2.17. The molecule has 15 heavy (non-hydrogen) atoms. The normalized spacial score (nSPS) is 40.6. The Morgan fingerprint density at radius 2 is 2.33 bits per heavy atom. The monoisotopic (exact) mass is 217 g/mol. The molecule has 88 valence electrons. The Balaban J connectivity index is 2.03. The topological polar surface area (TPSA) is 44.5 Å². The lowest BCUT2D eigenvalue weighted by Gasteiger charge is -2.41. The Kier molecular flexibility index (Phi) is 3.01. The number of ether oxygens (including phenoxy) is 2. The van der Waals surface area contributed by atoms with Crippen molar-refractivity contribution < 1.29 is 13.9 Å². The van der Waals surface area contributed by atoms with E-state index in [0.29, 0.717) is 13.2 Å². The number of halogens is 1. The third-order valence-corrected chi connectivity index (χ3v) is 3.81. The molecule has 0 aromatic rings. The van der Waals surface area contributed by atoms with E-state index in [4.69, 9.17) is 15.2 Å². The number of alkyl halides is 1. The van der Waals surface area contributed by atoms with Gasteiger partial charge in [0.1, 0.15) is 5.67 Å². The molecule has 0 aliphatic carbocycles. The van der Waals surface area contributed by atoms with Crippen LogP contribution in [0.25, 0.3) is 0 Å². The molecule has 2 rings (SSSR count). The molecule has 2 saturated heterocycles. The van der Waals surface area contributed by atoms with Gasteiger partial charge in [-0.3, -0.25) is 0 Å². The SMILES string of the molecule is CC(F)(CN)C1CCOC2(CCOC2)C1. The van der Waals surface area contributed by atoms with Gasteiger partial charge in [0, 0.05) is 26.2 Å². The fourth-order valence-corrected chi connectivity index (χ4v) is 2.57. The summed E-state index contributed by atoms with van der Waals surface area (Å²) in [6, 6.07) is 0. The van der Waals surface area contributed by atoms with Crippen LogP contribution in [0.1, 0.15) is 26.2 Å². The number of rotatable bonds is 2. The van der Waals surface area contributed by atoms with Crippen molar-refractivity contribution in [1.82, 2.24) is 0 Å². The highest BCUT2D eigenvalue weighted by atomic mass is 19.1. The van der Waals surface area contributed by atoms with Crippen molar-refractivity contribution in [3.8, 4) is 0 Å². The molecule has 0 saturated carbocycles. The van der Waals surface area contributed by atoms with Gasteiger partial charge in [0.25, 0.3) is 0 Å². The molecular weight excluding hydrogens is 197 g/mol. The molecular formula is C11H20FNO2. The summed E-state index contributed by atoms with van der Waals surface area (Å²) in [5, 5.41) is 0. The van der Waals surface area contributed by atoms with E-state index in [-0.39, 0.29) is 18.1 Å². The van der Waals surface area contributed by atoms with Crippen molar-refractivity contribution in [3.05, 3.63) is 0 Å². The van der Waals surface area contributed by atoms with E-state index in [2.05, 4.69) is 0 Å². The Bertz CT molecular complexity index is 227. The predicted molar refractivity (Wildman–Crippen MR) is 55.4 cm³/mol.